The van der Waals surface area contributed by atoms with Gasteiger partial charge in [-0.2, -0.15) is 0 Å². The van der Waals surface area contributed by atoms with Gasteiger partial charge in [0.1, 0.15) is 0 Å². The minimum atomic E-state index is -0.743. The number of hydrogen-bond acceptors (Lipinski definition) is 2. The van der Waals surface area contributed by atoms with Crippen molar-refractivity contribution in [2.45, 2.75) is 97.8 Å². The van der Waals surface area contributed by atoms with E-state index < -0.39 is 11.4 Å². The first-order chi connectivity index (χ1) is 10.5. The topological polar surface area (TPSA) is 57.5 Å². The van der Waals surface area contributed by atoms with Crippen LogP contribution in [0.5, 0.6) is 0 Å². The number of aliphatic hydroxyl groups excluding tert-OH is 1. The zero-order valence-corrected chi connectivity index (χ0v) is 15.1. The summed E-state index contributed by atoms with van der Waals surface area (Å²) in [7, 11) is 0. The number of unbranched alkanes of at least 4 members (excludes halogenated alkanes) is 9. The van der Waals surface area contributed by atoms with Crippen LogP contribution in [0.3, 0.4) is 0 Å². The summed E-state index contributed by atoms with van der Waals surface area (Å²) in [4.78, 5) is 11.6. The Morgan fingerprint density at radius 3 is 1.68 bits per heavy atom. The lowest BCUT2D eigenvalue weighted by atomic mass is 9.71. The van der Waals surface area contributed by atoms with Crippen molar-refractivity contribution >= 4 is 5.97 Å². The molecule has 22 heavy (non-hydrogen) atoms. The van der Waals surface area contributed by atoms with Gasteiger partial charge in [0, 0.05) is 6.61 Å². The average molecular weight is 315 g/mol. The summed E-state index contributed by atoms with van der Waals surface area (Å²) < 4.78 is 0. The van der Waals surface area contributed by atoms with Gasteiger partial charge in [-0.1, -0.05) is 85.0 Å². The molecule has 0 saturated heterocycles. The quantitative estimate of drug-likeness (QED) is 0.397. The first-order valence-electron chi connectivity index (χ1n) is 9.35. The van der Waals surface area contributed by atoms with E-state index in [0.717, 1.165) is 12.8 Å². The molecule has 2 N–H and O–H groups in total. The zero-order valence-electron chi connectivity index (χ0n) is 15.1. The molecule has 0 aromatic rings. The predicted molar refractivity (Wildman–Crippen MR) is 93.1 cm³/mol. The average Bonchev–Trinajstić information content (AvgIpc) is 2.47. The van der Waals surface area contributed by atoms with E-state index in [1.165, 1.54) is 51.4 Å². The van der Waals surface area contributed by atoms with Gasteiger partial charge in [-0.15, -0.1) is 0 Å². The molecular weight excluding hydrogens is 276 g/mol. The lowest BCUT2D eigenvalue weighted by Crippen LogP contribution is -2.37. The van der Waals surface area contributed by atoms with Gasteiger partial charge in [0.15, 0.2) is 0 Å². The van der Waals surface area contributed by atoms with Crippen LogP contribution in [0.2, 0.25) is 0 Å². The van der Waals surface area contributed by atoms with Crippen LogP contribution >= 0.6 is 0 Å². The van der Waals surface area contributed by atoms with Crippen molar-refractivity contribution in [3.05, 3.63) is 0 Å². The van der Waals surface area contributed by atoms with Gasteiger partial charge >= 0.3 is 5.97 Å². The molecule has 0 aromatic heterocycles. The Bertz CT molecular complexity index is 276. The predicted octanol–water partition coefficient (Wildman–Crippen LogP) is 5.41. The lowest BCUT2D eigenvalue weighted by molar-refractivity contribution is -0.154. The number of aliphatic hydroxyl groups is 1. The van der Waals surface area contributed by atoms with Crippen LogP contribution in [0.15, 0.2) is 0 Å². The largest absolute Gasteiger partial charge is 0.481 e. The lowest BCUT2D eigenvalue weighted by Gasteiger charge is -2.33. The van der Waals surface area contributed by atoms with Gasteiger partial charge in [0.2, 0.25) is 0 Å². The van der Waals surface area contributed by atoms with Crippen molar-refractivity contribution in [2.75, 3.05) is 6.61 Å². The molecular formula is C19H38O3. The third-order valence-corrected chi connectivity index (χ3v) is 5.07. The van der Waals surface area contributed by atoms with E-state index in [1.807, 2.05) is 13.8 Å². The van der Waals surface area contributed by atoms with Gasteiger partial charge in [-0.25, -0.2) is 0 Å². The Labute approximate surface area is 137 Å². The van der Waals surface area contributed by atoms with Crippen molar-refractivity contribution in [1.82, 2.24) is 0 Å². The van der Waals surface area contributed by atoms with Crippen LogP contribution in [0, 0.1) is 11.3 Å². The van der Waals surface area contributed by atoms with E-state index >= 15 is 0 Å². The van der Waals surface area contributed by atoms with E-state index in [9.17, 15) is 15.0 Å². The summed E-state index contributed by atoms with van der Waals surface area (Å²) >= 11 is 0. The standard InChI is InChI=1S/C19H38O3/c1-4-5-6-7-8-9-10-11-12-13-14-19(15-16-20,17(2)3)18(21)22/h17,20H,4-16H2,1-3H3,(H,21,22). The van der Waals surface area contributed by atoms with Crippen molar-refractivity contribution in [1.29, 1.82) is 0 Å². The summed E-state index contributed by atoms with van der Waals surface area (Å²) in [6, 6.07) is 0. The maximum absolute atomic E-state index is 11.6. The van der Waals surface area contributed by atoms with E-state index in [2.05, 4.69) is 6.92 Å². The van der Waals surface area contributed by atoms with Gasteiger partial charge < -0.3 is 10.2 Å². The number of carboxylic acids is 1. The highest BCUT2D eigenvalue weighted by Crippen LogP contribution is 2.37. The third-order valence-electron chi connectivity index (χ3n) is 5.07. The van der Waals surface area contributed by atoms with E-state index in [0.29, 0.717) is 12.8 Å². The summed E-state index contributed by atoms with van der Waals surface area (Å²) in [5.74, 6) is -0.678. The molecule has 0 aliphatic rings. The number of aliphatic carboxylic acids is 1. The van der Waals surface area contributed by atoms with E-state index in [4.69, 9.17) is 0 Å². The normalized spacial score (nSPS) is 14.2. The number of carbonyl (C=O) groups is 1. The minimum Gasteiger partial charge on any atom is -0.481 e. The fourth-order valence-electron chi connectivity index (χ4n) is 3.29. The first-order valence-corrected chi connectivity index (χ1v) is 9.35. The molecule has 1 atom stereocenters. The van der Waals surface area contributed by atoms with Gasteiger partial charge in [-0.05, 0) is 18.8 Å². The number of hydrogen-bond donors (Lipinski definition) is 2. The number of carboxylic acid groups (broad SMARTS) is 1. The molecule has 0 fully saturated rings. The summed E-state index contributed by atoms with van der Waals surface area (Å²) in [5.41, 5.74) is -0.741. The molecule has 0 amide bonds. The van der Waals surface area contributed by atoms with Crippen LogP contribution < -0.4 is 0 Å². The van der Waals surface area contributed by atoms with Crippen molar-refractivity contribution in [2.24, 2.45) is 11.3 Å². The SMILES string of the molecule is CCCCCCCCCCCCC(CCO)(C(=O)O)C(C)C. The fourth-order valence-corrected chi connectivity index (χ4v) is 3.29. The Kier molecular flexibility index (Phi) is 12.6. The molecule has 132 valence electrons. The van der Waals surface area contributed by atoms with Gasteiger partial charge in [0.25, 0.3) is 0 Å². The van der Waals surface area contributed by atoms with Crippen molar-refractivity contribution in [3.63, 3.8) is 0 Å². The molecule has 0 saturated carbocycles. The maximum Gasteiger partial charge on any atom is 0.309 e. The molecule has 1 unspecified atom stereocenters. The zero-order chi connectivity index (χ0) is 16.8. The minimum absolute atomic E-state index is 0.0394. The second-order valence-electron chi connectivity index (χ2n) is 7.02. The fraction of sp³-hybridized carbons (Fsp3) is 0.947. The Balaban J connectivity index is 3.84. The van der Waals surface area contributed by atoms with Crippen LogP contribution in [0.4, 0.5) is 0 Å². The highest BCUT2D eigenvalue weighted by molar-refractivity contribution is 5.74. The second-order valence-corrected chi connectivity index (χ2v) is 7.02. The van der Waals surface area contributed by atoms with Gasteiger partial charge in [0.05, 0.1) is 5.41 Å². The monoisotopic (exact) mass is 314 g/mol. The smallest absolute Gasteiger partial charge is 0.309 e. The Morgan fingerprint density at radius 1 is 0.864 bits per heavy atom. The number of rotatable bonds is 15. The molecule has 0 aliphatic heterocycles. The molecule has 0 bridgehead atoms. The Hall–Kier alpha value is -0.570. The molecule has 3 nitrogen and oxygen atoms in total. The van der Waals surface area contributed by atoms with E-state index in [1.54, 1.807) is 0 Å². The van der Waals surface area contributed by atoms with E-state index in [-0.39, 0.29) is 12.5 Å². The summed E-state index contributed by atoms with van der Waals surface area (Å²) in [5, 5.41) is 18.8. The van der Waals surface area contributed by atoms with Crippen molar-refractivity contribution in [3.8, 4) is 0 Å². The molecule has 0 spiro atoms. The maximum atomic E-state index is 11.6. The first kappa shape index (κ1) is 21.4. The summed E-state index contributed by atoms with van der Waals surface area (Å²) in [6.07, 6.45) is 13.7. The molecule has 3 heteroatoms. The summed E-state index contributed by atoms with van der Waals surface area (Å²) in [6.45, 7) is 6.12. The van der Waals surface area contributed by atoms with Crippen molar-refractivity contribution < 1.29 is 15.0 Å². The second kappa shape index (κ2) is 12.9. The molecule has 0 aromatic carbocycles. The van der Waals surface area contributed by atoms with Crippen LogP contribution in [0.25, 0.3) is 0 Å². The highest BCUT2D eigenvalue weighted by Gasteiger charge is 2.40. The third kappa shape index (κ3) is 8.17. The van der Waals surface area contributed by atoms with Crippen LogP contribution in [0.1, 0.15) is 97.8 Å². The molecule has 0 rings (SSSR count). The molecule has 0 heterocycles. The van der Waals surface area contributed by atoms with Crippen LogP contribution in [-0.4, -0.2) is 22.8 Å². The molecule has 0 aliphatic carbocycles. The highest BCUT2D eigenvalue weighted by atomic mass is 16.4. The van der Waals surface area contributed by atoms with Crippen LogP contribution in [-0.2, 0) is 4.79 Å². The van der Waals surface area contributed by atoms with Gasteiger partial charge in [-0.3, -0.25) is 4.79 Å². The Morgan fingerprint density at radius 2 is 1.32 bits per heavy atom. The molecule has 0 radical (unpaired) electrons.